The van der Waals surface area contributed by atoms with E-state index < -0.39 is 32.0 Å². The van der Waals surface area contributed by atoms with Gasteiger partial charge in [-0.15, -0.1) is 0 Å². The van der Waals surface area contributed by atoms with E-state index in [1.807, 2.05) is 13.8 Å². The van der Waals surface area contributed by atoms with Crippen LogP contribution in [0.3, 0.4) is 0 Å². The van der Waals surface area contributed by atoms with E-state index in [4.69, 9.17) is 5.73 Å². The molecule has 2 N–H and O–H groups in total. The van der Waals surface area contributed by atoms with Crippen molar-refractivity contribution in [3.63, 3.8) is 0 Å². The van der Waals surface area contributed by atoms with Gasteiger partial charge in [0.2, 0.25) is 15.9 Å². The van der Waals surface area contributed by atoms with E-state index in [1.54, 1.807) is 4.90 Å². The topological polar surface area (TPSA) is 83.7 Å². The fraction of sp³-hybridized carbons (Fsp3) is 0.588. The molecule has 0 bridgehead atoms. The maximum atomic E-state index is 13.9. The summed E-state index contributed by atoms with van der Waals surface area (Å²) in [5.74, 6) is -2.04. The molecule has 6 nitrogen and oxygen atoms in total. The van der Waals surface area contributed by atoms with Gasteiger partial charge >= 0.3 is 0 Å². The minimum atomic E-state index is -4.08. The molecule has 0 atom stereocenters. The van der Waals surface area contributed by atoms with Gasteiger partial charge in [-0.1, -0.05) is 13.8 Å². The number of halogens is 2. The molecule has 1 fully saturated rings. The lowest BCUT2D eigenvalue weighted by Gasteiger charge is -2.39. The summed E-state index contributed by atoms with van der Waals surface area (Å²) < 4.78 is 53.2. The van der Waals surface area contributed by atoms with Crippen LogP contribution in [0.1, 0.15) is 26.7 Å². The maximum absolute atomic E-state index is 13.9. The van der Waals surface area contributed by atoms with Gasteiger partial charge in [0.05, 0.1) is 5.41 Å². The quantitative estimate of drug-likeness (QED) is 0.800. The van der Waals surface area contributed by atoms with Crippen molar-refractivity contribution in [2.24, 2.45) is 11.1 Å². The van der Waals surface area contributed by atoms with Gasteiger partial charge in [0.1, 0.15) is 16.5 Å². The van der Waals surface area contributed by atoms with Crippen LogP contribution < -0.4 is 5.73 Å². The number of piperazine rings is 1. The molecule has 1 aromatic rings. The number of amides is 1. The smallest absolute Gasteiger partial charge is 0.246 e. The fourth-order valence-corrected chi connectivity index (χ4v) is 4.69. The lowest BCUT2D eigenvalue weighted by atomic mass is 9.81. The fourth-order valence-electron chi connectivity index (χ4n) is 3.22. The van der Waals surface area contributed by atoms with Gasteiger partial charge in [0.25, 0.3) is 0 Å². The summed E-state index contributed by atoms with van der Waals surface area (Å²) >= 11 is 0. The molecular formula is C17H25F2N3O3S. The van der Waals surface area contributed by atoms with Crippen LogP contribution in [-0.4, -0.2) is 56.3 Å². The Labute approximate surface area is 153 Å². The van der Waals surface area contributed by atoms with Crippen molar-refractivity contribution in [1.29, 1.82) is 0 Å². The lowest BCUT2D eigenvalue weighted by Crippen LogP contribution is -2.55. The Morgan fingerprint density at radius 1 is 1.15 bits per heavy atom. The van der Waals surface area contributed by atoms with E-state index in [9.17, 15) is 22.0 Å². The summed E-state index contributed by atoms with van der Waals surface area (Å²) in [6.45, 7) is 4.58. The third-order valence-electron chi connectivity index (χ3n) is 5.24. The molecule has 26 heavy (non-hydrogen) atoms. The van der Waals surface area contributed by atoms with E-state index in [0.29, 0.717) is 18.9 Å². The molecule has 1 heterocycles. The lowest BCUT2D eigenvalue weighted by molar-refractivity contribution is -0.143. The second-order valence-electron chi connectivity index (χ2n) is 6.46. The summed E-state index contributed by atoms with van der Waals surface area (Å²) in [5, 5.41) is 0. The molecule has 2 rings (SSSR count). The second kappa shape index (κ2) is 7.98. The highest BCUT2D eigenvalue weighted by Gasteiger charge is 2.39. The zero-order valence-corrected chi connectivity index (χ0v) is 15.9. The number of sulfonamides is 1. The van der Waals surface area contributed by atoms with Crippen LogP contribution in [-0.2, 0) is 14.8 Å². The second-order valence-corrected chi connectivity index (χ2v) is 8.37. The zero-order valence-electron chi connectivity index (χ0n) is 15.0. The van der Waals surface area contributed by atoms with Crippen molar-refractivity contribution < 1.29 is 22.0 Å². The predicted octanol–water partition coefficient (Wildman–Crippen LogP) is 1.56. The van der Waals surface area contributed by atoms with Crippen molar-refractivity contribution in [3.05, 3.63) is 29.8 Å². The van der Waals surface area contributed by atoms with Crippen molar-refractivity contribution in [2.75, 3.05) is 32.7 Å². The van der Waals surface area contributed by atoms with Crippen LogP contribution >= 0.6 is 0 Å². The van der Waals surface area contributed by atoms with Crippen molar-refractivity contribution in [1.82, 2.24) is 9.21 Å². The first-order chi connectivity index (χ1) is 12.2. The van der Waals surface area contributed by atoms with Crippen LogP contribution in [0, 0.1) is 17.0 Å². The Balaban J connectivity index is 2.14. The minimum Gasteiger partial charge on any atom is -0.340 e. The highest BCUT2D eigenvalue weighted by atomic mass is 32.2. The number of hydrogen-bond acceptors (Lipinski definition) is 4. The number of rotatable bonds is 6. The van der Waals surface area contributed by atoms with Gasteiger partial charge in [-0.25, -0.2) is 17.2 Å². The van der Waals surface area contributed by atoms with Gasteiger partial charge in [-0.3, -0.25) is 4.79 Å². The standard InChI is InChI=1S/C17H25F2N3O3S/c1-3-17(4-2,12-20)16(23)21-7-9-22(10-8-21)26(24,25)15-6-5-13(18)11-14(15)19/h5-6,11H,3-4,7-10,12,20H2,1-2H3. The molecule has 0 aliphatic carbocycles. The Morgan fingerprint density at radius 3 is 2.19 bits per heavy atom. The molecule has 1 saturated heterocycles. The highest BCUT2D eigenvalue weighted by Crippen LogP contribution is 2.29. The summed E-state index contributed by atoms with van der Waals surface area (Å²) in [4.78, 5) is 13.9. The molecule has 1 aromatic carbocycles. The summed E-state index contributed by atoms with van der Waals surface area (Å²) in [7, 11) is -4.08. The van der Waals surface area contributed by atoms with Crippen molar-refractivity contribution in [2.45, 2.75) is 31.6 Å². The Hall–Kier alpha value is -1.58. The first kappa shape index (κ1) is 20.7. The number of hydrogen-bond donors (Lipinski definition) is 1. The Kier molecular flexibility index (Phi) is 6.36. The molecule has 9 heteroatoms. The number of nitrogens with zero attached hydrogens (tertiary/aromatic N) is 2. The third kappa shape index (κ3) is 3.74. The van der Waals surface area contributed by atoms with Crippen LogP contribution in [0.15, 0.2) is 23.1 Å². The first-order valence-electron chi connectivity index (χ1n) is 8.66. The molecule has 1 aliphatic rings. The SMILES string of the molecule is CCC(CC)(CN)C(=O)N1CCN(S(=O)(=O)c2ccc(F)cc2F)CC1. The van der Waals surface area contributed by atoms with Gasteiger partial charge < -0.3 is 10.6 Å². The molecule has 1 aliphatic heterocycles. The highest BCUT2D eigenvalue weighted by molar-refractivity contribution is 7.89. The van der Waals surface area contributed by atoms with E-state index in [-0.39, 0.29) is 38.6 Å². The summed E-state index contributed by atoms with van der Waals surface area (Å²) in [5.41, 5.74) is 5.18. The monoisotopic (exact) mass is 389 g/mol. The minimum absolute atomic E-state index is 0.0545. The van der Waals surface area contributed by atoms with Gasteiger partial charge in [0.15, 0.2) is 0 Å². The third-order valence-corrected chi connectivity index (χ3v) is 7.17. The Morgan fingerprint density at radius 2 is 1.73 bits per heavy atom. The molecule has 146 valence electrons. The summed E-state index contributed by atoms with van der Waals surface area (Å²) in [6.07, 6.45) is 1.22. The molecule has 1 amide bonds. The zero-order chi connectivity index (χ0) is 19.5. The molecule has 0 saturated carbocycles. The predicted molar refractivity (Wildman–Crippen MR) is 93.8 cm³/mol. The molecule has 0 aromatic heterocycles. The maximum Gasteiger partial charge on any atom is 0.246 e. The molecule has 0 radical (unpaired) electrons. The number of nitrogens with two attached hydrogens (primary N) is 1. The van der Waals surface area contributed by atoms with Crippen LogP contribution in [0.5, 0.6) is 0 Å². The average Bonchev–Trinajstić information content (AvgIpc) is 2.63. The molecular weight excluding hydrogens is 364 g/mol. The molecule has 0 unspecified atom stereocenters. The van der Waals surface area contributed by atoms with Crippen LogP contribution in [0.2, 0.25) is 0 Å². The number of benzene rings is 1. The van der Waals surface area contributed by atoms with Gasteiger partial charge in [-0.2, -0.15) is 4.31 Å². The van der Waals surface area contributed by atoms with E-state index in [0.717, 1.165) is 16.4 Å². The van der Waals surface area contributed by atoms with Gasteiger partial charge in [-0.05, 0) is 25.0 Å². The largest absolute Gasteiger partial charge is 0.340 e. The van der Waals surface area contributed by atoms with E-state index in [1.165, 1.54) is 0 Å². The van der Waals surface area contributed by atoms with Crippen LogP contribution in [0.25, 0.3) is 0 Å². The van der Waals surface area contributed by atoms with E-state index >= 15 is 0 Å². The number of carbonyl (C=O) groups is 1. The molecule has 0 spiro atoms. The van der Waals surface area contributed by atoms with E-state index in [2.05, 4.69) is 0 Å². The average molecular weight is 389 g/mol. The van der Waals surface area contributed by atoms with Gasteiger partial charge in [0, 0.05) is 38.8 Å². The summed E-state index contributed by atoms with van der Waals surface area (Å²) in [6, 6.07) is 2.38. The van der Waals surface area contributed by atoms with Crippen molar-refractivity contribution >= 4 is 15.9 Å². The first-order valence-corrected chi connectivity index (χ1v) is 10.1. The number of carbonyl (C=O) groups excluding carboxylic acids is 1. The normalized spacial score (nSPS) is 16.7. The van der Waals surface area contributed by atoms with Crippen LogP contribution in [0.4, 0.5) is 8.78 Å². The Bertz CT molecular complexity index is 750. The van der Waals surface area contributed by atoms with Crippen molar-refractivity contribution in [3.8, 4) is 0 Å².